The zero-order chi connectivity index (χ0) is 19.1. The first kappa shape index (κ1) is 18.3. The van der Waals surface area contributed by atoms with Crippen LogP contribution in [0.2, 0.25) is 0 Å². The fraction of sp³-hybridized carbons (Fsp3) is 0.143. The van der Waals surface area contributed by atoms with E-state index in [1.54, 1.807) is 20.4 Å². The number of methoxy groups -OCH3 is 2. The Morgan fingerprint density at radius 1 is 0.963 bits per heavy atom. The lowest BCUT2D eigenvalue weighted by molar-refractivity contribution is -0.119. The van der Waals surface area contributed by atoms with Crippen molar-refractivity contribution in [1.82, 2.24) is 5.43 Å². The number of hydrazone groups is 1. The van der Waals surface area contributed by atoms with E-state index in [0.29, 0.717) is 11.5 Å². The number of ether oxygens (including phenoxy) is 2. The smallest absolute Gasteiger partial charge is 0.259 e. The van der Waals surface area contributed by atoms with E-state index in [4.69, 9.17) is 9.47 Å². The van der Waals surface area contributed by atoms with Crippen LogP contribution in [-0.2, 0) is 4.79 Å². The number of amides is 1. The van der Waals surface area contributed by atoms with Gasteiger partial charge in [0.2, 0.25) is 0 Å². The zero-order valence-electron chi connectivity index (χ0n) is 15.2. The maximum absolute atomic E-state index is 12.1. The van der Waals surface area contributed by atoms with E-state index < -0.39 is 0 Å². The Bertz CT molecular complexity index is 970. The van der Waals surface area contributed by atoms with E-state index in [0.717, 1.165) is 22.0 Å². The minimum Gasteiger partial charge on any atom is -0.496 e. The summed E-state index contributed by atoms with van der Waals surface area (Å²) in [5.41, 5.74) is 4.09. The number of fused-ring (bicyclic) bond motifs is 1. The number of hydrogen-bond acceptors (Lipinski definition) is 5. The molecule has 2 N–H and O–H groups in total. The number of para-hydroxylation sites is 2. The first-order valence-electron chi connectivity index (χ1n) is 8.47. The molecule has 0 spiro atoms. The predicted molar refractivity (Wildman–Crippen MR) is 108 cm³/mol. The molecule has 0 aliphatic heterocycles. The topological polar surface area (TPSA) is 72.0 Å². The van der Waals surface area contributed by atoms with Gasteiger partial charge in [-0.05, 0) is 29.0 Å². The SMILES string of the molecule is COc1ccccc1NCC(=O)NN=Cc1c(OC)ccc2ccccc12. The molecule has 0 unspecified atom stereocenters. The van der Waals surface area contributed by atoms with Gasteiger partial charge in [-0.15, -0.1) is 0 Å². The van der Waals surface area contributed by atoms with Crippen molar-refractivity contribution in [3.63, 3.8) is 0 Å². The summed E-state index contributed by atoms with van der Waals surface area (Å²) in [6.07, 6.45) is 1.60. The summed E-state index contributed by atoms with van der Waals surface area (Å²) in [5.74, 6) is 1.10. The first-order chi connectivity index (χ1) is 13.2. The molecule has 0 aliphatic carbocycles. The molecule has 138 valence electrons. The molecule has 0 aromatic heterocycles. The number of nitrogens with one attached hydrogen (secondary N) is 2. The van der Waals surface area contributed by atoms with Gasteiger partial charge in [-0.25, -0.2) is 5.43 Å². The number of anilines is 1. The van der Waals surface area contributed by atoms with Gasteiger partial charge >= 0.3 is 0 Å². The van der Waals surface area contributed by atoms with E-state index in [9.17, 15) is 4.79 Å². The van der Waals surface area contributed by atoms with Crippen LogP contribution < -0.4 is 20.2 Å². The standard InChI is InChI=1S/C21H21N3O3/c1-26-19-12-11-15-7-3-4-8-16(15)17(19)13-23-24-21(25)14-22-18-9-5-6-10-20(18)27-2/h3-13,22H,14H2,1-2H3,(H,24,25). The highest BCUT2D eigenvalue weighted by molar-refractivity contribution is 6.02. The van der Waals surface area contributed by atoms with Crippen LogP contribution >= 0.6 is 0 Å². The van der Waals surface area contributed by atoms with E-state index in [2.05, 4.69) is 15.8 Å². The van der Waals surface area contributed by atoms with E-state index >= 15 is 0 Å². The van der Waals surface area contributed by atoms with Crippen LogP contribution in [0.1, 0.15) is 5.56 Å². The Kier molecular flexibility index (Phi) is 5.89. The lowest BCUT2D eigenvalue weighted by Crippen LogP contribution is -2.26. The number of benzene rings is 3. The second-order valence-corrected chi connectivity index (χ2v) is 5.75. The molecule has 0 saturated carbocycles. The monoisotopic (exact) mass is 363 g/mol. The third-order valence-corrected chi connectivity index (χ3v) is 4.08. The van der Waals surface area contributed by atoms with E-state index in [1.165, 1.54) is 0 Å². The predicted octanol–water partition coefficient (Wildman–Crippen LogP) is 3.42. The molecule has 3 aromatic rings. The van der Waals surface area contributed by atoms with Crippen molar-refractivity contribution in [3.8, 4) is 11.5 Å². The molecular formula is C21H21N3O3. The van der Waals surface area contributed by atoms with Gasteiger partial charge in [0.1, 0.15) is 11.5 Å². The normalized spacial score (nSPS) is 10.7. The maximum atomic E-state index is 12.1. The van der Waals surface area contributed by atoms with Gasteiger partial charge in [0.05, 0.1) is 32.7 Å². The molecule has 0 atom stereocenters. The van der Waals surface area contributed by atoms with Crippen molar-refractivity contribution in [2.45, 2.75) is 0 Å². The van der Waals surface area contributed by atoms with E-state index in [1.807, 2.05) is 60.7 Å². The van der Waals surface area contributed by atoms with Crippen molar-refractivity contribution >= 4 is 28.6 Å². The molecule has 0 bridgehead atoms. The Balaban J connectivity index is 1.67. The third kappa shape index (κ3) is 4.36. The summed E-state index contributed by atoms with van der Waals surface area (Å²) in [6, 6.07) is 19.2. The van der Waals surface area contributed by atoms with Crippen LogP contribution in [0.4, 0.5) is 5.69 Å². The average Bonchev–Trinajstić information content (AvgIpc) is 2.72. The van der Waals surface area contributed by atoms with Crippen LogP contribution in [0, 0.1) is 0 Å². The zero-order valence-corrected chi connectivity index (χ0v) is 15.2. The minimum absolute atomic E-state index is 0.0738. The molecule has 3 rings (SSSR count). The number of carbonyl (C=O) groups excluding carboxylic acids is 1. The summed E-state index contributed by atoms with van der Waals surface area (Å²) in [6.45, 7) is 0.0738. The van der Waals surface area contributed by atoms with Crippen molar-refractivity contribution in [2.24, 2.45) is 5.10 Å². The highest BCUT2D eigenvalue weighted by Crippen LogP contribution is 2.26. The highest BCUT2D eigenvalue weighted by atomic mass is 16.5. The summed E-state index contributed by atoms with van der Waals surface area (Å²) in [7, 11) is 3.19. The van der Waals surface area contributed by atoms with Gasteiger partial charge in [-0.1, -0.05) is 42.5 Å². The number of hydrogen-bond donors (Lipinski definition) is 2. The third-order valence-electron chi connectivity index (χ3n) is 4.08. The summed E-state index contributed by atoms with van der Waals surface area (Å²) < 4.78 is 10.7. The molecule has 0 aliphatic rings. The van der Waals surface area contributed by atoms with Crippen molar-refractivity contribution in [3.05, 3.63) is 66.2 Å². The van der Waals surface area contributed by atoms with Gasteiger partial charge < -0.3 is 14.8 Å². The Hall–Kier alpha value is -3.54. The summed E-state index contributed by atoms with van der Waals surface area (Å²) >= 11 is 0. The van der Waals surface area contributed by atoms with Crippen molar-refractivity contribution in [1.29, 1.82) is 0 Å². The van der Waals surface area contributed by atoms with Gasteiger partial charge in [0.25, 0.3) is 5.91 Å². The molecule has 3 aromatic carbocycles. The summed E-state index contributed by atoms with van der Waals surface area (Å²) in [4.78, 5) is 12.1. The lowest BCUT2D eigenvalue weighted by atomic mass is 10.0. The van der Waals surface area contributed by atoms with Crippen LogP contribution in [0.25, 0.3) is 10.8 Å². The molecule has 0 heterocycles. The first-order valence-corrected chi connectivity index (χ1v) is 8.47. The number of nitrogens with zero attached hydrogens (tertiary/aromatic N) is 1. The lowest BCUT2D eigenvalue weighted by Gasteiger charge is -2.10. The quantitative estimate of drug-likeness (QED) is 0.498. The van der Waals surface area contributed by atoms with Crippen LogP contribution in [-0.4, -0.2) is 32.9 Å². The van der Waals surface area contributed by atoms with Crippen LogP contribution in [0.15, 0.2) is 65.8 Å². The van der Waals surface area contributed by atoms with Gasteiger partial charge in [0, 0.05) is 5.56 Å². The largest absolute Gasteiger partial charge is 0.496 e. The fourth-order valence-electron chi connectivity index (χ4n) is 2.76. The van der Waals surface area contributed by atoms with Gasteiger partial charge in [-0.3, -0.25) is 4.79 Å². The minimum atomic E-state index is -0.267. The Morgan fingerprint density at radius 2 is 1.70 bits per heavy atom. The summed E-state index contributed by atoms with van der Waals surface area (Å²) in [5, 5.41) is 9.18. The van der Waals surface area contributed by atoms with Crippen molar-refractivity contribution < 1.29 is 14.3 Å². The van der Waals surface area contributed by atoms with Gasteiger partial charge in [0.15, 0.2) is 0 Å². The second kappa shape index (κ2) is 8.71. The molecule has 27 heavy (non-hydrogen) atoms. The Labute approximate surface area is 157 Å². The maximum Gasteiger partial charge on any atom is 0.259 e. The average molecular weight is 363 g/mol. The van der Waals surface area contributed by atoms with Crippen LogP contribution in [0.5, 0.6) is 11.5 Å². The second-order valence-electron chi connectivity index (χ2n) is 5.75. The molecule has 6 nitrogen and oxygen atoms in total. The Morgan fingerprint density at radius 3 is 2.52 bits per heavy atom. The molecule has 1 amide bonds. The molecule has 6 heteroatoms. The van der Waals surface area contributed by atoms with Gasteiger partial charge in [-0.2, -0.15) is 5.10 Å². The molecule has 0 fully saturated rings. The van der Waals surface area contributed by atoms with E-state index in [-0.39, 0.29) is 12.5 Å². The number of carbonyl (C=O) groups is 1. The highest BCUT2D eigenvalue weighted by Gasteiger charge is 2.07. The number of rotatable bonds is 7. The fourth-order valence-corrected chi connectivity index (χ4v) is 2.76. The van der Waals surface area contributed by atoms with Crippen molar-refractivity contribution in [2.75, 3.05) is 26.1 Å². The molecule has 0 radical (unpaired) electrons. The molecule has 0 saturated heterocycles. The molecular weight excluding hydrogens is 342 g/mol. The van der Waals surface area contributed by atoms with Crippen LogP contribution in [0.3, 0.4) is 0 Å².